The first kappa shape index (κ1) is 19.1. The molecule has 1 N–H and O–H groups in total. The van der Waals surface area contributed by atoms with E-state index < -0.39 is 0 Å². The predicted octanol–water partition coefficient (Wildman–Crippen LogP) is 3.54. The number of ether oxygens (including phenoxy) is 1. The van der Waals surface area contributed by atoms with Gasteiger partial charge in [0.2, 0.25) is 5.91 Å². The van der Waals surface area contributed by atoms with Gasteiger partial charge in [-0.3, -0.25) is 9.59 Å². The molecule has 6 heteroatoms. The number of likely N-dealkylation sites (tertiary alicyclic amines) is 1. The van der Waals surface area contributed by atoms with Crippen LogP contribution in [0.5, 0.6) is 5.75 Å². The summed E-state index contributed by atoms with van der Waals surface area (Å²) >= 11 is 0. The topological polar surface area (TPSA) is 71.8 Å². The third kappa shape index (κ3) is 4.26. The van der Waals surface area contributed by atoms with E-state index in [1.807, 2.05) is 47.4 Å². The van der Waals surface area contributed by atoms with E-state index in [4.69, 9.17) is 9.15 Å². The van der Waals surface area contributed by atoms with Crippen LogP contribution in [0.2, 0.25) is 0 Å². The molecule has 3 aromatic rings. The summed E-state index contributed by atoms with van der Waals surface area (Å²) in [6.45, 7) is 2.10. The summed E-state index contributed by atoms with van der Waals surface area (Å²) in [6, 6.07) is 13.0. The SMILES string of the molecule is COc1ccc2c(CC(=O)NCc3ccc(C(=O)N4CCCC4)cc3)coc2c1. The molecule has 1 saturated heterocycles. The fourth-order valence-corrected chi connectivity index (χ4v) is 3.63. The molecule has 1 aromatic heterocycles. The number of rotatable bonds is 6. The summed E-state index contributed by atoms with van der Waals surface area (Å²) in [7, 11) is 1.60. The first-order valence-electron chi connectivity index (χ1n) is 9.83. The first-order valence-corrected chi connectivity index (χ1v) is 9.83. The molecule has 29 heavy (non-hydrogen) atoms. The molecule has 0 bridgehead atoms. The Balaban J connectivity index is 1.33. The van der Waals surface area contributed by atoms with Crippen LogP contribution in [-0.4, -0.2) is 36.9 Å². The maximum absolute atomic E-state index is 12.4. The minimum Gasteiger partial charge on any atom is -0.497 e. The van der Waals surface area contributed by atoms with Crippen LogP contribution in [-0.2, 0) is 17.8 Å². The zero-order valence-electron chi connectivity index (χ0n) is 16.4. The van der Waals surface area contributed by atoms with Crippen LogP contribution in [0.3, 0.4) is 0 Å². The third-order valence-corrected chi connectivity index (χ3v) is 5.30. The lowest BCUT2D eigenvalue weighted by atomic mass is 10.1. The standard InChI is InChI=1S/C23H24N2O4/c1-28-19-8-9-20-18(15-29-21(20)13-19)12-22(26)24-14-16-4-6-17(7-5-16)23(27)25-10-2-3-11-25/h4-9,13,15H,2-3,10-12,14H2,1H3,(H,24,26). The third-order valence-electron chi connectivity index (χ3n) is 5.30. The molecular formula is C23H24N2O4. The van der Waals surface area contributed by atoms with Crippen molar-refractivity contribution in [1.29, 1.82) is 0 Å². The zero-order valence-corrected chi connectivity index (χ0v) is 16.4. The lowest BCUT2D eigenvalue weighted by Gasteiger charge is -2.15. The van der Waals surface area contributed by atoms with Crippen LogP contribution in [0.25, 0.3) is 11.0 Å². The second-order valence-electron chi connectivity index (χ2n) is 7.27. The van der Waals surface area contributed by atoms with Gasteiger partial charge in [0, 0.05) is 42.2 Å². The van der Waals surface area contributed by atoms with Crippen molar-refractivity contribution in [2.45, 2.75) is 25.8 Å². The number of benzene rings is 2. The summed E-state index contributed by atoms with van der Waals surface area (Å²) < 4.78 is 10.7. The lowest BCUT2D eigenvalue weighted by Crippen LogP contribution is -2.27. The fraction of sp³-hybridized carbons (Fsp3) is 0.304. The number of nitrogens with zero attached hydrogens (tertiary/aromatic N) is 1. The number of carbonyl (C=O) groups is 2. The van der Waals surface area contributed by atoms with Crippen molar-refractivity contribution in [3.8, 4) is 5.75 Å². The number of hydrogen-bond acceptors (Lipinski definition) is 4. The highest BCUT2D eigenvalue weighted by atomic mass is 16.5. The van der Waals surface area contributed by atoms with Crippen LogP contribution in [0.15, 0.2) is 53.1 Å². The van der Waals surface area contributed by atoms with Crippen LogP contribution in [0.4, 0.5) is 0 Å². The van der Waals surface area contributed by atoms with Gasteiger partial charge in [0.25, 0.3) is 5.91 Å². The Morgan fingerprint density at radius 2 is 1.86 bits per heavy atom. The van der Waals surface area contributed by atoms with E-state index in [0.29, 0.717) is 17.7 Å². The Bertz CT molecular complexity index is 1020. The van der Waals surface area contributed by atoms with Gasteiger partial charge in [-0.15, -0.1) is 0 Å². The highest BCUT2D eigenvalue weighted by Crippen LogP contribution is 2.25. The van der Waals surface area contributed by atoms with Gasteiger partial charge in [-0.2, -0.15) is 0 Å². The number of nitrogens with one attached hydrogen (secondary N) is 1. The highest BCUT2D eigenvalue weighted by molar-refractivity contribution is 5.94. The van der Waals surface area contributed by atoms with Gasteiger partial charge in [0.1, 0.15) is 11.3 Å². The molecular weight excluding hydrogens is 368 g/mol. The molecule has 2 heterocycles. The number of amides is 2. The van der Waals surface area contributed by atoms with Gasteiger partial charge in [-0.1, -0.05) is 12.1 Å². The van der Waals surface area contributed by atoms with E-state index in [-0.39, 0.29) is 18.2 Å². The quantitative estimate of drug-likeness (QED) is 0.697. The molecule has 0 spiro atoms. The number of fused-ring (bicyclic) bond motifs is 1. The van der Waals surface area contributed by atoms with Crippen LogP contribution in [0.1, 0.15) is 34.3 Å². The summed E-state index contributed by atoms with van der Waals surface area (Å²) in [6.07, 6.45) is 4.01. The largest absolute Gasteiger partial charge is 0.497 e. The molecule has 1 fully saturated rings. The minimum absolute atomic E-state index is 0.0827. The normalized spacial score (nSPS) is 13.6. The summed E-state index contributed by atoms with van der Waals surface area (Å²) in [5, 5.41) is 3.84. The van der Waals surface area contributed by atoms with Crippen molar-refractivity contribution >= 4 is 22.8 Å². The molecule has 6 nitrogen and oxygen atoms in total. The summed E-state index contributed by atoms with van der Waals surface area (Å²) in [5.41, 5.74) is 3.19. The van der Waals surface area contributed by atoms with E-state index in [1.165, 1.54) is 0 Å². The second-order valence-corrected chi connectivity index (χ2v) is 7.27. The Hall–Kier alpha value is -3.28. The van der Waals surface area contributed by atoms with Crippen molar-refractivity contribution in [2.24, 2.45) is 0 Å². The van der Waals surface area contributed by atoms with Gasteiger partial charge in [-0.05, 0) is 42.7 Å². The molecule has 0 radical (unpaired) electrons. The zero-order chi connectivity index (χ0) is 20.2. The predicted molar refractivity (Wildman–Crippen MR) is 110 cm³/mol. The molecule has 0 unspecified atom stereocenters. The highest BCUT2D eigenvalue weighted by Gasteiger charge is 2.19. The summed E-state index contributed by atoms with van der Waals surface area (Å²) in [5.74, 6) is 0.719. The van der Waals surface area contributed by atoms with Crippen LogP contribution < -0.4 is 10.1 Å². The van der Waals surface area contributed by atoms with Crippen molar-refractivity contribution < 1.29 is 18.7 Å². The minimum atomic E-state index is -0.0827. The second kappa shape index (κ2) is 8.39. The van der Waals surface area contributed by atoms with Gasteiger partial charge >= 0.3 is 0 Å². The number of hydrogen-bond donors (Lipinski definition) is 1. The molecule has 1 aliphatic heterocycles. The van der Waals surface area contributed by atoms with Crippen molar-refractivity contribution in [3.05, 3.63) is 65.4 Å². The van der Waals surface area contributed by atoms with E-state index >= 15 is 0 Å². The maximum Gasteiger partial charge on any atom is 0.253 e. The van der Waals surface area contributed by atoms with Gasteiger partial charge in [0.15, 0.2) is 0 Å². The summed E-state index contributed by atoms with van der Waals surface area (Å²) in [4.78, 5) is 26.6. The van der Waals surface area contributed by atoms with E-state index in [9.17, 15) is 9.59 Å². The number of methoxy groups -OCH3 is 1. The molecule has 1 aliphatic rings. The molecule has 150 valence electrons. The van der Waals surface area contributed by atoms with E-state index in [0.717, 1.165) is 48.2 Å². The maximum atomic E-state index is 12.4. The van der Waals surface area contributed by atoms with Gasteiger partial charge in [-0.25, -0.2) is 0 Å². The average Bonchev–Trinajstić information content (AvgIpc) is 3.42. The first-order chi connectivity index (χ1) is 14.1. The van der Waals surface area contributed by atoms with E-state index in [1.54, 1.807) is 13.4 Å². The Kier molecular flexibility index (Phi) is 5.51. The molecule has 2 aromatic carbocycles. The van der Waals surface area contributed by atoms with Gasteiger partial charge < -0.3 is 19.4 Å². The van der Waals surface area contributed by atoms with Crippen LogP contribution >= 0.6 is 0 Å². The molecule has 4 rings (SSSR count). The molecule has 0 saturated carbocycles. The average molecular weight is 392 g/mol. The Morgan fingerprint density at radius 3 is 2.59 bits per heavy atom. The molecule has 0 aliphatic carbocycles. The van der Waals surface area contributed by atoms with E-state index in [2.05, 4.69) is 5.32 Å². The number of furan rings is 1. The van der Waals surface area contributed by atoms with Crippen molar-refractivity contribution in [3.63, 3.8) is 0 Å². The smallest absolute Gasteiger partial charge is 0.253 e. The molecule has 2 amide bonds. The number of carbonyl (C=O) groups excluding carboxylic acids is 2. The molecule has 0 atom stereocenters. The monoisotopic (exact) mass is 392 g/mol. The lowest BCUT2D eigenvalue weighted by molar-refractivity contribution is -0.120. The Labute approximate surface area is 169 Å². The van der Waals surface area contributed by atoms with Crippen molar-refractivity contribution in [2.75, 3.05) is 20.2 Å². The Morgan fingerprint density at radius 1 is 1.10 bits per heavy atom. The van der Waals surface area contributed by atoms with Crippen LogP contribution in [0, 0.1) is 0 Å². The van der Waals surface area contributed by atoms with Gasteiger partial charge in [0.05, 0.1) is 19.8 Å². The van der Waals surface area contributed by atoms with Crippen molar-refractivity contribution in [1.82, 2.24) is 10.2 Å². The fourth-order valence-electron chi connectivity index (χ4n) is 3.63.